The lowest BCUT2D eigenvalue weighted by Crippen LogP contribution is -2.42. The molecule has 0 fully saturated rings. The van der Waals surface area contributed by atoms with E-state index in [9.17, 15) is 14.4 Å². The van der Waals surface area contributed by atoms with Gasteiger partial charge in [0.25, 0.3) is 5.91 Å². The Labute approximate surface area is 119 Å². The van der Waals surface area contributed by atoms with Gasteiger partial charge in [-0.05, 0) is 12.0 Å². The fourth-order valence-electron chi connectivity index (χ4n) is 1.27. The Morgan fingerprint density at radius 1 is 1.35 bits per heavy atom. The van der Waals surface area contributed by atoms with E-state index in [1.807, 2.05) is 13.8 Å². The number of nitrogens with one attached hydrogen (secondary N) is 2. The zero-order chi connectivity index (χ0) is 15.3. The average molecular weight is 300 g/mol. The lowest BCUT2D eigenvalue weighted by atomic mass is 10.2. The fraction of sp³-hybridized carbons (Fsp3) is 0.417. The van der Waals surface area contributed by atoms with Crippen LogP contribution in [-0.4, -0.2) is 29.5 Å². The monoisotopic (exact) mass is 300 g/mol. The van der Waals surface area contributed by atoms with Crippen LogP contribution in [-0.2, 0) is 9.59 Å². The van der Waals surface area contributed by atoms with Crippen molar-refractivity contribution in [3.63, 3.8) is 0 Å². The standard InChI is InChI=1S/C12H16N2O5S/c1-6(2)9-4-8(11(20-9)12(17)18)19-5-10(16)14-13-7(3)15/h4,6H,5H2,1-3H3,(H,13,15)(H,14,16)(H,17,18). The van der Waals surface area contributed by atoms with Gasteiger partial charge in [-0.25, -0.2) is 4.79 Å². The molecule has 0 aromatic carbocycles. The number of hydrogen-bond acceptors (Lipinski definition) is 5. The molecule has 0 spiro atoms. The van der Waals surface area contributed by atoms with Gasteiger partial charge >= 0.3 is 5.97 Å². The number of carbonyl (C=O) groups is 3. The Bertz CT molecular complexity index is 524. The minimum atomic E-state index is -1.10. The number of hydrogen-bond donors (Lipinski definition) is 3. The van der Waals surface area contributed by atoms with Crippen LogP contribution in [0.2, 0.25) is 0 Å². The van der Waals surface area contributed by atoms with Crippen molar-refractivity contribution < 1.29 is 24.2 Å². The van der Waals surface area contributed by atoms with E-state index < -0.39 is 17.8 Å². The number of carbonyl (C=O) groups excluding carboxylic acids is 2. The van der Waals surface area contributed by atoms with Crippen LogP contribution in [0, 0.1) is 0 Å². The van der Waals surface area contributed by atoms with E-state index in [1.165, 1.54) is 6.92 Å². The van der Waals surface area contributed by atoms with E-state index in [-0.39, 0.29) is 23.2 Å². The molecular weight excluding hydrogens is 284 g/mol. The molecule has 110 valence electrons. The highest BCUT2D eigenvalue weighted by molar-refractivity contribution is 7.14. The number of amides is 2. The fourth-order valence-corrected chi connectivity index (χ4v) is 2.21. The zero-order valence-corrected chi connectivity index (χ0v) is 12.2. The topological polar surface area (TPSA) is 105 Å². The maximum Gasteiger partial charge on any atom is 0.349 e. The number of carboxylic acids is 1. The molecule has 0 bridgehead atoms. The zero-order valence-electron chi connectivity index (χ0n) is 11.4. The van der Waals surface area contributed by atoms with Gasteiger partial charge in [-0.3, -0.25) is 20.4 Å². The molecule has 2 amide bonds. The number of hydrazine groups is 1. The molecule has 0 saturated heterocycles. The van der Waals surface area contributed by atoms with Crippen LogP contribution in [0.4, 0.5) is 0 Å². The van der Waals surface area contributed by atoms with Crippen molar-refractivity contribution in [3.05, 3.63) is 15.8 Å². The van der Waals surface area contributed by atoms with Gasteiger partial charge < -0.3 is 9.84 Å². The van der Waals surface area contributed by atoms with Crippen molar-refractivity contribution in [2.75, 3.05) is 6.61 Å². The number of thiophene rings is 1. The first-order valence-electron chi connectivity index (χ1n) is 5.86. The summed E-state index contributed by atoms with van der Waals surface area (Å²) in [6, 6.07) is 1.62. The summed E-state index contributed by atoms with van der Waals surface area (Å²) in [5.74, 6) is -1.76. The minimum Gasteiger partial charge on any atom is -0.482 e. The summed E-state index contributed by atoms with van der Waals surface area (Å²) in [6.07, 6.45) is 0. The molecule has 0 aliphatic heterocycles. The lowest BCUT2D eigenvalue weighted by Gasteiger charge is -2.06. The van der Waals surface area contributed by atoms with E-state index in [2.05, 4.69) is 10.9 Å². The normalized spacial score (nSPS) is 10.2. The smallest absolute Gasteiger partial charge is 0.349 e. The van der Waals surface area contributed by atoms with Crippen molar-refractivity contribution in [1.29, 1.82) is 0 Å². The van der Waals surface area contributed by atoms with Crippen molar-refractivity contribution >= 4 is 29.1 Å². The lowest BCUT2D eigenvalue weighted by molar-refractivity contribution is -0.129. The van der Waals surface area contributed by atoms with E-state index >= 15 is 0 Å². The Morgan fingerprint density at radius 2 is 2.00 bits per heavy atom. The molecule has 1 heterocycles. The second-order valence-electron chi connectivity index (χ2n) is 4.32. The second kappa shape index (κ2) is 6.90. The first-order chi connectivity index (χ1) is 9.31. The number of ether oxygens (including phenoxy) is 1. The molecule has 1 aromatic rings. The molecule has 8 heteroatoms. The van der Waals surface area contributed by atoms with Gasteiger partial charge in [0.1, 0.15) is 5.75 Å². The molecule has 1 rings (SSSR count). The highest BCUT2D eigenvalue weighted by Crippen LogP contribution is 2.33. The van der Waals surface area contributed by atoms with E-state index in [1.54, 1.807) is 6.07 Å². The minimum absolute atomic E-state index is 0.0565. The predicted octanol–water partition coefficient (Wildman–Crippen LogP) is 1.12. The van der Waals surface area contributed by atoms with E-state index in [4.69, 9.17) is 9.84 Å². The van der Waals surface area contributed by atoms with Gasteiger partial charge in [0.2, 0.25) is 5.91 Å². The van der Waals surface area contributed by atoms with Gasteiger partial charge in [-0.15, -0.1) is 11.3 Å². The van der Waals surface area contributed by atoms with Crippen molar-refractivity contribution in [3.8, 4) is 5.75 Å². The summed E-state index contributed by atoms with van der Waals surface area (Å²) >= 11 is 1.12. The van der Waals surface area contributed by atoms with Crippen LogP contribution in [0.5, 0.6) is 5.75 Å². The highest BCUT2D eigenvalue weighted by atomic mass is 32.1. The average Bonchev–Trinajstić information content (AvgIpc) is 2.78. The predicted molar refractivity (Wildman–Crippen MR) is 72.8 cm³/mol. The third-order valence-corrected chi connectivity index (χ3v) is 3.62. The maximum atomic E-state index is 11.3. The summed E-state index contributed by atoms with van der Waals surface area (Å²) in [6.45, 7) is 4.74. The molecular formula is C12H16N2O5S. The first kappa shape index (κ1) is 16.0. The Morgan fingerprint density at radius 3 is 2.50 bits per heavy atom. The summed E-state index contributed by atoms with van der Waals surface area (Å²) in [4.78, 5) is 34.0. The van der Waals surface area contributed by atoms with Gasteiger partial charge in [0.05, 0.1) is 0 Å². The molecule has 0 aliphatic rings. The molecule has 3 N–H and O–H groups in total. The quantitative estimate of drug-likeness (QED) is 0.707. The van der Waals surface area contributed by atoms with E-state index in [0.717, 1.165) is 16.2 Å². The third-order valence-electron chi connectivity index (χ3n) is 2.22. The van der Waals surface area contributed by atoms with Crippen LogP contribution in [0.1, 0.15) is 41.2 Å². The van der Waals surface area contributed by atoms with E-state index in [0.29, 0.717) is 0 Å². The summed E-state index contributed by atoms with van der Waals surface area (Å²) in [5, 5.41) is 9.08. The molecule has 0 radical (unpaired) electrons. The molecule has 0 aliphatic carbocycles. The molecule has 0 atom stereocenters. The van der Waals surface area contributed by atoms with Gasteiger partial charge in [0.15, 0.2) is 11.5 Å². The van der Waals surface area contributed by atoms with Gasteiger partial charge in [-0.1, -0.05) is 13.8 Å². The van der Waals surface area contributed by atoms with Gasteiger partial charge in [-0.2, -0.15) is 0 Å². The van der Waals surface area contributed by atoms with Crippen molar-refractivity contribution in [2.24, 2.45) is 0 Å². The summed E-state index contributed by atoms with van der Waals surface area (Å²) < 4.78 is 5.19. The maximum absolute atomic E-state index is 11.3. The highest BCUT2D eigenvalue weighted by Gasteiger charge is 2.19. The Hall–Kier alpha value is -2.09. The second-order valence-corrected chi connectivity index (χ2v) is 5.40. The molecule has 1 aromatic heterocycles. The van der Waals surface area contributed by atoms with Gasteiger partial charge in [0, 0.05) is 11.8 Å². The van der Waals surface area contributed by atoms with Crippen LogP contribution >= 0.6 is 11.3 Å². The van der Waals surface area contributed by atoms with Crippen LogP contribution in [0.25, 0.3) is 0 Å². The molecule has 0 saturated carbocycles. The van der Waals surface area contributed by atoms with Crippen LogP contribution in [0.15, 0.2) is 6.07 Å². The Kier molecular flexibility index (Phi) is 5.51. The molecule has 20 heavy (non-hydrogen) atoms. The number of aromatic carboxylic acids is 1. The first-order valence-corrected chi connectivity index (χ1v) is 6.68. The summed E-state index contributed by atoms with van der Waals surface area (Å²) in [7, 11) is 0. The molecule has 7 nitrogen and oxygen atoms in total. The van der Waals surface area contributed by atoms with Crippen LogP contribution < -0.4 is 15.6 Å². The van der Waals surface area contributed by atoms with Crippen molar-refractivity contribution in [1.82, 2.24) is 10.9 Å². The van der Waals surface area contributed by atoms with Crippen LogP contribution in [0.3, 0.4) is 0 Å². The largest absolute Gasteiger partial charge is 0.482 e. The summed E-state index contributed by atoms with van der Waals surface area (Å²) in [5.41, 5.74) is 4.23. The SMILES string of the molecule is CC(=O)NNC(=O)COc1cc(C(C)C)sc1C(=O)O. The number of carboxylic acid groups (broad SMARTS) is 1. The molecule has 0 unspecified atom stereocenters. The third kappa shape index (κ3) is 4.54. The van der Waals surface area contributed by atoms with Crippen molar-refractivity contribution in [2.45, 2.75) is 26.7 Å². The number of rotatable bonds is 5. The Balaban J connectivity index is 2.69.